The molecule has 20 heavy (non-hydrogen) atoms. The molecule has 0 bridgehead atoms. The lowest BCUT2D eigenvalue weighted by Gasteiger charge is -2.08. The van der Waals surface area contributed by atoms with Crippen molar-refractivity contribution < 1.29 is 14.3 Å². The number of carbonyl (C=O) groups is 1. The lowest BCUT2D eigenvalue weighted by Crippen LogP contribution is -2.05. The SMILES string of the molecule is CCOC(=O)c1ccccc1Sc1ccc(OC)cc1. The summed E-state index contributed by atoms with van der Waals surface area (Å²) in [4.78, 5) is 13.8. The Kier molecular flexibility index (Phi) is 5.07. The Morgan fingerprint density at radius 1 is 1.10 bits per heavy atom. The van der Waals surface area contributed by atoms with Crippen LogP contribution in [0.5, 0.6) is 5.75 Å². The first-order chi connectivity index (χ1) is 9.74. The first-order valence-electron chi connectivity index (χ1n) is 6.32. The lowest BCUT2D eigenvalue weighted by atomic mass is 10.2. The van der Waals surface area contributed by atoms with Gasteiger partial charge in [-0.05, 0) is 43.3 Å². The van der Waals surface area contributed by atoms with Gasteiger partial charge >= 0.3 is 5.97 Å². The number of methoxy groups -OCH3 is 1. The van der Waals surface area contributed by atoms with Crippen molar-refractivity contribution in [2.24, 2.45) is 0 Å². The van der Waals surface area contributed by atoms with Crippen LogP contribution in [0.2, 0.25) is 0 Å². The van der Waals surface area contributed by atoms with E-state index < -0.39 is 0 Å². The number of ether oxygens (including phenoxy) is 2. The van der Waals surface area contributed by atoms with Crippen LogP contribution in [-0.4, -0.2) is 19.7 Å². The zero-order valence-electron chi connectivity index (χ0n) is 11.5. The summed E-state index contributed by atoms with van der Waals surface area (Å²) >= 11 is 1.53. The highest BCUT2D eigenvalue weighted by Gasteiger charge is 2.12. The summed E-state index contributed by atoms with van der Waals surface area (Å²) in [7, 11) is 1.64. The Labute approximate surface area is 122 Å². The standard InChI is InChI=1S/C16H16O3S/c1-3-19-16(17)14-6-4-5-7-15(14)20-13-10-8-12(18-2)9-11-13/h4-11H,3H2,1-2H3. The van der Waals surface area contributed by atoms with Crippen molar-refractivity contribution in [3.8, 4) is 5.75 Å². The minimum atomic E-state index is -0.288. The quantitative estimate of drug-likeness (QED) is 0.778. The molecule has 0 N–H and O–H groups in total. The molecule has 0 aromatic heterocycles. The lowest BCUT2D eigenvalue weighted by molar-refractivity contribution is 0.0522. The van der Waals surface area contributed by atoms with Gasteiger partial charge in [0.1, 0.15) is 5.75 Å². The van der Waals surface area contributed by atoms with Crippen molar-refractivity contribution in [1.82, 2.24) is 0 Å². The van der Waals surface area contributed by atoms with Gasteiger partial charge in [0.2, 0.25) is 0 Å². The third-order valence-corrected chi connectivity index (χ3v) is 3.75. The van der Waals surface area contributed by atoms with Crippen molar-refractivity contribution >= 4 is 17.7 Å². The number of rotatable bonds is 5. The molecule has 0 saturated carbocycles. The molecular formula is C16H16O3S. The van der Waals surface area contributed by atoms with E-state index in [1.54, 1.807) is 20.1 Å². The molecule has 0 aliphatic carbocycles. The van der Waals surface area contributed by atoms with Crippen LogP contribution in [0.4, 0.5) is 0 Å². The maximum atomic E-state index is 11.9. The molecule has 0 atom stereocenters. The van der Waals surface area contributed by atoms with E-state index in [1.165, 1.54) is 11.8 Å². The van der Waals surface area contributed by atoms with Crippen LogP contribution in [-0.2, 0) is 4.74 Å². The van der Waals surface area contributed by atoms with Crippen molar-refractivity contribution in [2.75, 3.05) is 13.7 Å². The Balaban J connectivity index is 2.21. The number of hydrogen-bond donors (Lipinski definition) is 0. The van der Waals surface area contributed by atoms with E-state index in [-0.39, 0.29) is 5.97 Å². The van der Waals surface area contributed by atoms with E-state index in [4.69, 9.17) is 9.47 Å². The van der Waals surface area contributed by atoms with E-state index in [9.17, 15) is 4.79 Å². The highest BCUT2D eigenvalue weighted by atomic mass is 32.2. The van der Waals surface area contributed by atoms with Gasteiger partial charge in [-0.3, -0.25) is 0 Å². The molecule has 4 heteroatoms. The number of esters is 1. The van der Waals surface area contributed by atoms with Crippen LogP contribution >= 0.6 is 11.8 Å². The highest BCUT2D eigenvalue weighted by molar-refractivity contribution is 7.99. The number of benzene rings is 2. The average Bonchev–Trinajstić information content (AvgIpc) is 2.49. The second-order valence-electron chi connectivity index (χ2n) is 3.99. The normalized spacial score (nSPS) is 10.1. The molecule has 2 rings (SSSR count). The van der Waals surface area contributed by atoms with Crippen molar-refractivity contribution in [2.45, 2.75) is 16.7 Å². The Hall–Kier alpha value is -1.94. The maximum Gasteiger partial charge on any atom is 0.339 e. The number of hydrogen-bond acceptors (Lipinski definition) is 4. The molecule has 0 spiro atoms. The van der Waals surface area contributed by atoms with Crippen LogP contribution in [0.3, 0.4) is 0 Å². The maximum absolute atomic E-state index is 11.9. The van der Waals surface area contributed by atoms with Crippen LogP contribution < -0.4 is 4.74 Å². The fourth-order valence-corrected chi connectivity index (χ4v) is 2.64. The fourth-order valence-electron chi connectivity index (χ4n) is 1.70. The van der Waals surface area contributed by atoms with Gasteiger partial charge in [-0.15, -0.1) is 0 Å². The van der Waals surface area contributed by atoms with Crippen LogP contribution in [0.25, 0.3) is 0 Å². The van der Waals surface area contributed by atoms with E-state index in [1.807, 2.05) is 42.5 Å². The summed E-state index contributed by atoms with van der Waals surface area (Å²) in [6.07, 6.45) is 0. The van der Waals surface area contributed by atoms with E-state index in [2.05, 4.69) is 0 Å². The van der Waals surface area contributed by atoms with Crippen molar-refractivity contribution in [1.29, 1.82) is 0 Å². The number of carbonyl (C=O) groups excluding carboxylic acids is 1. The molecule has 3 nitrogen and oxygen atoms in total. The molecular weight excluding hydrogens is 272 g/mol. The van der Waals surface area contributed by atoms with Crippen LogP contribution in [0.15, 0.2) is 58.3 Å². The molecule has 0 fully saturated rings. The monoisotopic (exact) mass is 288 g/mol. The molecule has 104 valence electrons. The fraction of sp³-hybridized carbons (Fsp3) is 0.188. The van der Waals surface area contributed by atoms with Gasteiger partial charge in [-0.1, -0.05) is 23.9 Å². The Morgan fingerprint density at radius 3 is 2.45 bits per heavy atom. The third-order valence-electron chi connectivity index (χ3n) is 2.67. The van der Waals surface area contributed by atoms with Crippen LogP contribution in [0.1, 0.15) is 17.3 Å². The van der Waals surface area contributed by atoms with Gasteiger partial charge in [-0.2, -0.15) is 0 Å². The molecule has 0 amide bonds. The predicted octanol–water partition coefficient (Wildman–Crippen LogP) is 4.02. The minimum Gasteiger partial charge on any atom is -0.497 e. The summed E-state index contributed by atoms with van der Waals surface area (Å²) in [5, 5.41) is 0. The Morgan fingerprint density at radius 2 is 1.80 bits per heavy atom. The predicted molar refractivity (Wildman–Crippen MR) is 79.5 cm³/mol. The largest absolute Gasteiger partial charge is 0.497 e. The van der Waals surface area contributed by atoms with E-state index >= 15 is 0 Å². The second-order valence-corrected chi connectivity index (χ2v) is 5.11. The summed E-state index contributed by atoms with van der Waals surface area (Å²) in [6, 6.07) is 15.2. The summed E-state index contributed by atoms with van der Waals surface area (Å²) in [5.74, 6) is 0.525. The molecule has 0 aliphatic heterocycles. The zero-order valence-corrected chi connectivity index (χ0v) is 12.3. The third kappa shape index (κ3) is 3.54. The zero-order chi connectivity index (χ0) is 14.4. The van der Waals surface area contributed by atoms with Gasteiger partial charge in [0, 0.05) is 9.79 Å². The average molecular weight is 288 g/mol. The van der Waals surface area contributed by atoms with Gasteiger partial charge in [-0.25, -0.2) is 4.79 Å². The van der Waals surface area contributed by atoms with Gasteiger partial charge in [0.15, 0.2) is 0 Å². The van der Waals surface area contributed by atoms with E-state index in [0.717, 1.165) is 15.5 Å². The summed E-state index contributed by atoms with van der Waals surface area (Å²) in [5.41, 5.74) is 0.593. The molecule has 0 heterocycles. The van der Waals surface area contributed by atoms with Gasteiger partial charge < -0.3 is 9.47 Å². The molecule has 0 unspecified atom stereocenters. The molecule has 2 aromatic carbocycles. The first-order valence-corrected chi connectivity index (χ1v) is 7.14. The van der Waals surface area contributed by atoms with Gasteiger partial charge in [0.05, 0.1) is 19.3 Å². The smallest absolute Gasteiger partial charge is 0.339 e. The second kappa shape index (κ2) is 7.01. The first kappa shape index (κ1) is 14.5. The Bertz CT molecular complexity index is 579. The topological polar surface area (TPSA) is 35.5 Å². The highest BCUT2D eigenvalue weighted by Crippen LogP contribution is 2.31. The molecule has 0 saturated heterocycles. The minimum absolute atomic E-state index is 0.288. The molecule has 0 radical (unpaired) electrons. The van der Waals surface area contributed by atoms with Gasteiger partial charge in [0.25, 0.3) is 0 Å². The van der Waals surface area contributed by atoms with E-state index in [0.29, 0.717) is 12.2 Å². The van der Waals surface area contributed by atoms with Crippen LogP contribution in [0, 0.1) is 0 Å². The van der Waals surface area contributed by atoms with Crippen molar-refractivity contribution in [3.05, 3.63) is 54.1 Å². The molecule has 0 aliphatic rings. The summed E-state index contributed by atoms with van der Waals surface area (Å²) in [6.45, 7) is 2.18. The van der Waals surface area contributed by atoms with Crippen molar-refractivity contribution in [3.63, 3.8) is 0 Å². The summed E-state index contributed by atoms with van der Waals surface area (Å²) < 4.78 is 10.2. The molecule has 2 aromatic rings.